The van der Waals surface area contributed by atoms with Gasteiger partial charge >= 0.3 is 0 Å². The van der Waals surface area contributed by atoms with Gasteiger partial charge in [0.1, 0.15) is 5.75 Å². The van der Waals surface area contributed by atoms with Crippen LogP contribution in [0.25, 0.3) is 0 Å². The Morgan fingerprint density at radius 1 is 1.04 bits per heavy atom. The largest absolute Gasteiger partial charge is 0.484 e. The molecule has 3 rings (SSSR count). The predicted molar refractivity (Wildman–Crippen MR) is 102 cm³/mol. The van der Waals surface area contributed by atoms with Crippen molar-refractivity contribution >= 4 is 23.3 Å². The quantitative estimate of drug-likeness (QED) is 0.739. The number of amides is 1. The molecule has 5 nitrogen and oxygen atoms in total. The molecular formula is C21H19ClN2O3. The fraction of sp³-hybridized carbons (Fsp3) is 0.286. The minimum Gasteiger partial charge on any atom is -0.484 e. The van der Waals surface area contributed by atoms with E-state index in [-0.39, 0.29) is 24.2 Å². The fourth-order valence-corrected chi connectivity index (χ4v) is 3.09. The summed E-state index contributed by atoms with van der Waals surface area (Å²) in [5.41, 5.74) is 1.10. The molecule has 0 aromatic heterocycles. The normalized spacial score (nSPS) is 14.4. The van der Waals surface area contributed by atoms with Gasteiger partial charge in [0.15, 0.2) is 12.4 Å². The van der Waals surface area contributed by atoms with Crippen LogP contribution >= 0.6 is 11.6 Å². The first kappa shape index (κ1) is 18.9. The number of carbonyl (C=O) groups is 2. The summed E-state index contributed by atoms with van der Waals surface area (Å²) in [6, 6.07) is 15.7. The lowest BCUT2D eigenvalue weighted by Crippen LogP contribution is -2.40. The molecule has 1 aliphatic rings. The van der Waals surface area contributed by atoms with E-state index in [0.717, 1.165) is 0 Å². The summed E-state index contributed by atoms with van der Waals surface area (Å²) in [5, 5.41) is 9.49. The molecule has 0 atom stereocenters. The van der Waals surface area contributed by atoms with Crippen LogP contribution in [-0.2, 0) is 4.79 Å². The third kappa shape index (κ3) is 4.87. The van der Waals surface area contributed by atoms with Gasteiger partial charge in [0.2, 0.25) is 0 Å². The van der Waals surface area contributed by atoms with E-state index < -0.39 is 0 Å². The van der Waals surface area contributed by atoms with E-state index in [1.54, 1.807) is 53.4 Å². The molecule has 1 heterocycles. The van der Waals surface area contributed by atoms with Gasteiger partial charge in [-0.3, -0.25) is 9.59 Å². The smallest absolute Gasteiger partial charge is 0.260 e. The van der Waals surface area contributed by atoms with Crippen LogP contribution in [0.5, 0.6) is 5.75 Å². The number of ether oxygens (including phenoxy) is 1. The number of ketones is 1. The van der Waals surface area contributed by atoms with Crippen LogP contribution in [0.2, 0.25) is 5.02 Å². The second-order valence-corrected chi connectivity index (χ2v) is 6.87. The molecule has 1 fully saturated rings. The van der Waals surface area contributed by atoms with Crippen LogP contribution in [0.3, 0.4) is 0 Å². The minimum absolute atomic E-state index is 0.0423. The third-order valence-corrected chi connectivity index (χ3v) is 4.87. The van der Waals surface area contributed by atoms with E-state index in [9.17, 15) is 9.59 Å². The molecule has 1 saturated heterocycles. The molecule has 0 N–H and O–H groups in total. The summed E-state index contributed by atoms with van der Waals surface area (Å²) in [6.07, 6.45) is 1.42. The van der Waals surface area contributed by atoms with Gasteiger partial charge in [0.05, 0.1) is 6.07 Å². The van der Waals surface area contributed by atoms with Gasteiger partial charge in [0.25, 0.3) is 5.91 Å². The maximum atomic E-state index is 12.4. The van der Waals surface area contributed by atoms with Crippen molar-refractivity contribution in [2.45, 2.75) is 12.8 Å². The molecule has 0 saturated carbocycles. The molecule has 1 aliphatic heterocycles. The van der Waals surface area contributed by atoms with Gasteiger partial charge in [-0.15, -0.1) is 0 Å². The lowest BCUT2D eigenvalue weighted by atomic mass is 9.99. The van der Waals surface area contributed by atoms with E-state index in [4.69, 9.17) is 21.6 Å². The van der Waals surface area contributed by atoms with Crippen molar-refractivity contribution in [2.24, 2.45) is 5.92 Å². The Morgan fingerprint density at radius 2 is 1.59 bits per heavy atom. The number of nitriles is 1. The van der Waals surface area contributed by atoms with Gasteiger partial charge in [-0.1, -0.05) is 11.6 Å². The summed E-state index contributed by atoms with van der Waals surface area (Å²) in [4.78, 5) is 26.4. The van der Waals surface area contributed by atoms with Crippen LogP contribution in [0.4, 0.5) is 0 Å². The highest BCUT2D eigenvalue weighted by Crippen LogP contribution is 2.19. The summed E-state index contributed by atoms with van der Waals surface area (Å²) in [7, 11) is 0. The zero-order chi connectivity index (χ0) is 19.2. The van der Waals surface area contributed by atoms with Crippen LogP contribution in [-0.4, -0.2) is 36.3 Å². The second kappa shape index (κ2) is 8.70. The van der Waals surface area contributed by atoms with Crippen LogP contribution in [0, 0.1) is 17.2 Å². The van der Waals surface area contributed by atoms with E-state index in [2.05, 4.69) is 6.07 Å². The monoisotopic (exact) mass is 382 g/mol. The summed E-state index contributed by atoms with van der Waals surface area (Å²) in [6.45, 7) is 1.13. The lowest BCUT2D eigenvalue weighted by molar-refractivity contribution is -0.134. The van der Waals surface area contributed by atoms with Gasteiger partial charge < -0.3 is 9.64 Å². The highest BCUT2D eigenvalue weighted by atomic mass is 35.5. The van der Waals surface area contributed by atoms with Crippen molar-refractivity contribution in [2.75, 3.05) is 19.7 Å². The first-order chi connectivity index (χ1) is 13.1. The summed E-state index contributed by atoms with van der Waals surface area (Å²) in [5.74, 6) is 0.381. The number of piperidine rings is 1. The Balaban J connectivity index is 1.53. The number of carbonyl (C=O) groups excluding carboxylic acids is 2. The number of rotatable bonds is 5. The second-order valence-electron chi connectivity index (χ2n) is 6.43. The fourth-order valence-electron chi connectivity index (χ4n) is 2.96. The number of hydrogen-bond acceptors (Lipinski definition) is 4. The Labute approximate surface area is 163 Å². The minimum atomic E-state index is -0.102. The van der Waals surface area contributed by atoms with Gasteiger partial charge in [-0.2, -0.15) is 5.26 Å². The molecule has 6 heteroatoms. The molecule has 2 aromatic rings. The highest BCUT2D eigenvalue weighted by Gasteiger charge is 2.22. The highest BCUT2D eigenvalue weighted by molar-refractivity contribution is 6.30. The van der Waals surface area contributed by atoms with E-state index in [0.29, 0.717) is 47.8 Å². The molecule has 0 bridgehead atoms. The summed E-state index contributed by atoms with van der Waals surface area (Å²) < 4.78 is 5.55. The molecule has 0 unspecified atom stereocenters. The standard InChI is InChI=1S/C21H19ClN2O3/c22-18-5-1-16(2-6-18)21(26)17-3-7-19(8-4-17)27-14-20(25)24-11-9-15(13-23)10-12-24/h1-8,15H,9-12,14H2. The van der Waals surface area contributed by atoms with Crippen molar-refractivity contribution in [3.8, 4) is 11.8 Å². The third-order valence-electron chi connectivity index (χ3n) is 4.62. The number of benzene rings is 2. The predicted octanol–water partition coefficient (Wildman–Crippen LogP) is 3.71. The average molecular weight is 383 g/mol. The molecule has 0 spiro atoms. The van der Waals surface area contributed by atoms with Crippen LogP contribution < -0.4 is 4.74 Å². The lowest BCUT2D eigenvalue weighted by Gasteiger charge is -2.29. The van der Waals surface area contributed by atoms with Crippen molar-refractivity contribution in [3.63, 3.8) is 0 Å². The Hall–Kier alpha value is -2.84. The Kier molecular flexibility index (Phi) is 6.10. The van der Waals surface area contributed by atoms with E-state index in [1.807, 2.05) is 0 Å². The molecule has 2 aromatic carbocycles. The van der Waals surface area contributed by atoms with Gasteiger partial charge in [-0.05, 0) is 61.4 Å². The average Bonchev–Trinajstić information content (AvgIpc) is 2.72. The molecule has 0 aliphatic carbocycles. The van der Waals surface area contributed by atoms with Crippen LogP contribution in [0.15, 0.2) is 48.5 Å². The maximum absolute atomic E-state index is 12.4. The number of likely N-dealkylation sites (tertiary alicyclic amines) is 1. The Morgan fingerprint density at radius 3 is 2.15 bits per heavy atom. The van der Waals surface area contributed by atoms with Crippen molar-refractivity contribution in [1.82, 2.24) is 4.90 Å². The first-order valence-electron chi connectivity index (χ1n) is 8.77. The first-order valence-corrected chi connectivity index (χ1v) is 9.15. The van der Waals surface area contributed by atoms with Gasteiger partial charge in [-0.25, -0.2) is 0 Å². The maximum Gasteiger partial charge on any atom is 0.260 e. The molecule has 138 valence electrons. The zero-order valence-corrected chi connectivity index (χ0v) is 15.5. The summed E-state index contributed by atoms with van der Waals surface area (Å²) >= 11 is 5.84. The molecular weight excluding hydrogens is 364 g/mol. The van der Waals surface area contributed by atoms with Gasteiger partial charge in [0, 0.05) is 35.2 Å². The van der Waals surface area contributed by atoms with E-state index >= 15 is 0 Å². The van der Waals surface area contributed by atoms with E-state index in [1.165, 1.54) is 0 Å². The Bertz CT molecular complexity index is 848. The van der Waals surface area contributed by atoms with Crippen molar-refractivity contribution < 1.29 is 14.3 Å². The van der Waals surface area contributed by atoms with Crippen LogP contribution in [0.1, 0.15) is 28.8 Å². The SMILES string of the molecule is N#CC1CCN(C(=O)COc2ccc(C(=O)c3ccc(Cl)cc3)cc2)CC1. The van der Waals surface area contributed by atoms with Crippen molar-refractivity contribution in [1.29, 1.82) is 5.26 Å². The van der Waals surface area contributed by atoms with Crippen molar-refractivity contribution in [3.05, 3.63) is 64.7 Å². The zero-order valence-electron chi connectivity index (χ0n) is 14.7. The molecule has 27 heavy (non-hydrogen) atoms. The molecule has 1 amide bonds. The number of halogens is 1. The number of nitrogens with zero attached hydrogens (tertiary/aromatic N) is 2. The molecule has 0 radical (unpaired) electrons. The number of hydrogen-bond donors (Lipinski definition) is 0. The topological polar surface area (TPSA) is 70.4 Å².